The average Bonchev–Trinajstić information content (AvgIpc) is 2.98. The molecule has 2 rings (SSSR count). The van der Waals surface area contributed by atoms with E-state index in [1.165, 1.54) is 18.9 Å². The van der Waals surface area contributed by atoms with Crippen molar-refractivity contribution in [3.05, 3.63) is 29.8 Å². The van der Waals surface area contributed by atoms with Gasteiger partial charge in [0.2, 0.25) is 10.0 Å². The van der Waals surface area contributed by atoms with E-state index in [0.29, 0.717) is 12.5 Å². The molecule has 1 fully saturated rings. The topological polar surface area (TPSA) is 87.8 Å². The molecule has 148 valence electrons. The maximum Gasteiger partial charge on any atom is 0.238 e. The van der Waals surface area contributed by atoms with Crippen LogP contribution in [-0.2, 0) is 16.6 Å². The Bertz CT molecular complexity index is 707. The summed E-state index contributed by atoms with van der Waals surface area (Å²) in [5.41, 5.74) is 0.833. The quantitative estimate of drug-likeness (QED) is 0.362. The summed E-state index contributed by atoms with van der Waals surface area (Å²) in [6.45, 7) is 9.86. The first kappa shape index (κ1) is 23.2. The first-order chi connectivity index (χ1) is 11.8. The van der Waals surface area contributed by atoms with E-state index in [-0.39, 0.29) is 28.9 Å². The lowest BCUT2D eigenvalue weighted by Gasteiger charge is -2.22. The van der Waals surface area contributed by atoms with Crippen molar-refractivity contribution >= 4 is 40.0 Å². The van der Waals surface area contributed by atoms with Crippen molar-refractivity contribution in [2.45, 2.75) is 45.1 Å². The minimum Gasteiger partial charge on any atom is -0.357 e. The highest BCUT2D eigenvalue weighted by Gasteiger charge is 2.25. The summed E-state index contributed by atoms with van der Waals surface area (Å²) >= 11 is 0. The number of primary sulfonamides is 1. The van der Waals surface area contributed by atoms with Crippen molar-refractivity contribution in [2.24, 2.45) is 22.0 Å². The normalized spacial score (nSPS) is 18.1. The fraction of sp³-hybridized carbons (Fsp3) is 0.611. The Kier molecular flexibility index (Phi) is 9.32. The summed E-state index contributed by atoms with van der Waals surface area (Å²) in [5, 5.41) is 8.55. The molecule has 6 nitrogen and oxygen atoms in total. The second kappa shape index (κ2) is 10.5. The van der Waals surface area contributed by atoms with Gasteiger partial charge in [0.05, 0.1) is 11.4 Å². The molecule has 0 aromatic heterocycles. The molecule has 1 aliphatic rings. The molecule has 0 amide bonds. The monoisotopic (exact) mass is 494 g/mol. The lowest BCUT2D eigenvalue weighted by Crippen LogP contribution is -2.40. The van der Waals surface area contributed by atoms with Crippen LogP contribution in [0.4, 0.5) is 0 Å². The van der Waals surface area contributed by atoms with E-state index in [1.54, 1.807) is 12.1 Å². The van der Waals surface area contributed by atoms with Gasteiger partial charge in [0, 0.05) is 19.6 Å². The Morgan fingerprint density at radius 3 is 2.77 bits per heavy atom. The molecule has 0 saturated carbocycles. The molecule has 0 radical (unpaired) electrons. The Morgan fingerprint density at radius 1 is 1.42 bits per heavy atom. The number of halogens is 1. The predicted octanol–water partition coefficient (Wildman–Crippen LogP) is 2.79. The number of likely N-dealkylation sites (tertiary alicyclic amines) is 1. The average molecular weight is 494 g/mol. The highest BCUT2D eigenvalue weighted by molar-refractivity contribution is 14.0. The Hall–Kier alpha value is -0.870. The first-order valence-corrected chi connectivity index (χ1v) is 10.5. The number of nitrogens with zero attached hydrogens (tertiary/aromatic N) is 2. The molecule has 1 aromatic rings. The SMILES string of the molecule is CCNC(=NCc1cccc(S(N)(=O)=O)c1)N1CCC(CC(C)C)C1.I. The zero-order valence-electron chi connectivity index (χ0n) is 15.8. The van der Waals surface area contributed by atoms with E-state index >= 15 is 0 Å². The Balaban J connectivity index is 0.00000338. The minimum atomic E-state index is -3.68. The van der Waals surface area contributed by atoms with E-state index in [9.17, 15) is 8.42 Å². The van der Waals surface area contributed by atoms with E-state index in [4.69, 9.17) is 10.1 Å². The largest absolute Gasteiger partial charge is 0.357 e. The van der Waals surface area contributed by atoms with E-state index in [2.05, 4.69) is 31.0 Å². The summed E-state index contributed by atoms with van der Waals surface area (Å²) in [7, 11) is -3.68. The van der Waals surface area contributed by atoms with Gasteiger partial charge >= 0.3 is 0 Å². The molecule has 1 atom stereocenters. The minimum absolute atomic E-state index is 0. The zero-order valence-corrected chi connectivity index (χ0v) is 19.0. The molecule has 0 bridgehead atoms. The molecule has 1 aromatic carbocycles. The highest BCUT2D eigenvalue weighted by Crippen LogP contribution is 2.23. The number of nitrogens with one attached hydrogen (secondary N) is 1. The summed E-state index contributed by atoms with van der Waals surface area (Å²) in [5.74, 6) is 2.33. The van der Waals surface area contributed by atoms with Crippen LogP contribution in [0.1, 0.15) is 39.2 Å². The Labute approximate surface area is 174 Å². The van der Waals surface area contributed by atoms with Crippen LogP contribution in [0.2, 0.25) is 0 Å². The molecule has 0 spiro atoms. The number of sulfonamides is 1. The third kappa shape index (κ3) is 7.03. The zero-order chi connectivity index (χ0) is 18.4. The van der Waals surface area contributed by atoms with E-state index in [0.717, 1.165) is 37.1 Å². The molecule has 26 heavy (non-hydrogen) atoms. The molecular weight excluding hydrogens is 463 g/mol. The van der Waals surface area contributed by atoms with Crippen LogP contribution >= 0.6 is 24.0 Å². The summed E-state index contributed by atoms with van der Waals surface area (Å²) < 4.78 is 23.0. The van der Waals surface area contributed by atoms with Gasteiger partial charge in [-0.05, 0) is 49.3 Å². The number of guanidine groups is 1. The molecule has 3 N–H and O–H groups in total. The fourth-order valence-electron chi connectivity index (χ4n) is 3.30. The van der Waals surface area contributed by atoms with E-state index in [1.807, 2.05) is 6.07 Å². The van der Waals surface area contributed by atoms with Crippen molar-refractivity contribution in [3.63, 3.8) is 0 Å². The van der Waals surface area contributed by atoms with Crippen molar-refractivity contribution in [3.8, 4) is 0 Å². The maximum absolute atomic E-state index is 11.5. The van der Waals surface area contributed by atoms with Gasteiger partial charge in [0.1, 0.15) is 0 Å². The van der Waals surface area contributed by atoms with Crippen LogP contribution in [0.5, 0.6) is 0 Å². The number of hydrogen-bond acceptors (Lipinski definition) is 3. The van der Waals surface area contributed by atoms with Crippen molar-refractivity contribution in [2.75, 3.05) is 19.6 Å². The van der Waals surface area contributed by atoms with Crippen molar-refractivity contribution in [1.29, 1.82) is 0 Å². The van der Waals surface area contributed by atoms with Gasteiger partial charge in [-0.3, -0.25) is 0 Å². The molecule has 0 aliphatic carbocycles. The van der Waals surface area contributed by atoms with Crippen molar-refractivity contribution in [1.82, 2.24) is 10.2 Å². The lowest BCUT2D eigenvalue weighted by atomic mass is 9.97. The third-order valence-corrected chi connectivity index (χ3v) is 5.27. The number of rotatable bonds is 6. The highest BCUT2D eigenvalue weighted by atomic mass is 127. The number of aliphatic imine (C=N–C) groups is 1. The van der Waals surface area contributed by atoms with Gasteiger partial charge in [0.15, 0.2) is 5.96 Å². The maximum atomic E-state index is 11.5. The molecule has 1 saturated heterocycles. The third-order valence-electron chi connectivity index (χ3n) is 4.36. The van der Waals surface area contributed by atoms with Crippen LogP contribution < -0.4 is 10.5 Å². The van der Waals surface area contributed by atoms with Gasteiger partial charge in [0.25, 0.3) is 0 Å². The molecule has 1 unspecified atom stereocenters. The smallest absolute Gasteiger partial charge is 0.238 e. The van der Waals surface area contributed by atoms with E-state index < -0.39 is 10.0 Å². The molecule has 8 heteroatoms. The standard InChI is InChI=1S/C18H30N4O2S.HI/c1-4-20-18(22-9-8-16(13-22)10-14(2)3)21-12-15-6-5-7-17(11-15)25(19,23)24;/h5-7,11,14,16H,4,8-10,12-13H2,1-3H3,(H,20,21)(H2,19,23,24);1H. The van der Waals surface area contributed by atoms with Crippen LogP contribution in [-0.4, -0.2) is 38.9 Å². The van der Waals surface area contributed by atoms with Crippen LogP contribution in [0.3, 0.4) is 0 Å². The number of hydrogen-bond donors (Lipinski definition) is 2. The summed E-state index contributed by atoms with van der Waals surface area (Å²) in [6, 6.07) is 6.66. The van der Waals surface area contributed by atoms with Gasteiger partial charge in [-0.2, -0.15) is 0 Å². The predicted molar refractivity (Wildman–Crippen MR) is 117 cm³/mol. The first-order valence-electron chi connectivity index (χ1n) is 8.94. The summed E-state index contributed by atoms with van der Waals surface area (Å²) in [4.78, 5) is 7.13. The fourth-order valence-corrected chi connectivity index (χ4v) is 3.88. The van der Waals surface area contributed by atoms with Crippen LogP contribution in [0, 0.1) is 11.8 Å². The molecular formula is C18H31IN4O2S. The van der Waals surface area contributed by atoms with Gasteiger partial charge in [-0.1, -0.05) is 26.0 Å². The van der Waals surface area contributed by atoms with Gasteiger partial charge < -0.3 is 10.2 Å². The second-order valence-corrected chi connectivity index (χ2v) is 8.65. The van der Waals surface area contributed by atoms with Crippen LogP contribution in [0.25, 0.3) is 0 Å². The Morgan fingerprint density at radius 2 is 2.15 bits per heavy atom. The van der Waals surface area contributed by atoms with Crippen LogP contribution in [0.15, 0.2) is 34.2 Å². The lowest BCUT2D eigenvalue weighted by molar-refractivity contribution is 0.403. The van der Waals surface area contributed by atoms with Gasteiger partial charge in [-0.25, -0.2) is 18.5 Å². The molecule has 1 aliphatic heterocycles. The van der Waals surface area contributed by atoms with Gasteiger partial charge in [-0.15, -0.1) is 24.0 Å². The number of nitrogens with two attached hydrogens (primary N) is 1. The number of benzene rings is 1. The molecule has 1 heterocycles. The van der Waals surface area contributed by atoms with Crippen molar-refractivity contribution < 1.29 is 8.42 Å². The second-order valence-electron chi connectivity index (χ2n) is 7.09. The summed E-state index contributed by atoms with van der Waals surface area (Å²) in [6.07, 6.45) is 2.44.